The number of aliphatic carboxylic acids is 1. The van der Waals surface area contributed by atoms with Crippen LogP contribution in [0.2, 0.25) is 5.02 Å². The Bertz CT molecular complexity index is 727. The quantitative estimate of drug-likeness (QED) is 0.819. The standard InChI is InChI=1S/C13H14ClN3O3S/c1-13(2,11(15)20)17-9-5-7(14)3-4-8(9)16-12(17)21-6-10(18)19/h3-5H,6H2,1-2H3,(H2,15,20)(H,18,19). The average molecular weight is 328 g/mol. The summed E-state index contributed by atoms with van der Waals surface area (Å²) in [5.41, 5.74) is 5.68. The van der Waals surface area contributed by atoms with Gasteiger partial charge in [-0.3, -0.25) is 9.59 Å². The van der Waals surface area contributed by atoms with E-state index in [1.807, 2.05) is 0 Å². The van der Waals surface area contributed by atoms with Crippen molar-refractivity contribution in [3.63, 3.8) is 0 Å². The van der Waals surface area contributed by atoms with Crippen LogP contribution in [0, 0.1) is 0 Å². The molecule has 0 spiro atoms. The summed E-state index contributed by atoms with van der Waals surface area (Å²) in [5.74, 6) is -1.67. The molecule has 0 saturated carbocycles. The maximum Gasteiger partial charge on any atom is 0.313 e. The van der Waals surface area contributed by atoms with E-state index in [1.54, 1.807) is 36.6 Å². The van der Waals surface area contributed by atoms with Crippen LogP contribution >= 0.6 is 23.4 Å². The second-order valence-electron chi connectivity index (χ2n) is 4.97. The molecule has 0 aliphatic rings. The van der Waals surface area contributed by atoms with Crippen LogP contribution < -0.4 is 5.73 Å². The summed E-state index contributed by atoms with van der Waals surface area (Å²) in [6, 6.07) is 5.08. The van der Waals surface area contributed by atoms with Gasteiger partial charge in [0.05, 0.1) is 16.8 Å². The zero-order valence-electron chi connectivity index (χ0n) is 11.5. The number of imidazole rings is 1. The van der Waals surface area contributed by atoms with Crippen LogP contribution in [0.25, 0.3) is 11.0 Å². The summed E-state index contributed by atoms with van der Waals surface area (Å²) in [5, 5.41) is 9.74. The van der Waals surface area contributed by atoms with Gasteiger partial charge in [-0.15, -0.1) is 0 Å². The highest BCUT2D eigenvalue weighted by atomic mass is 35.5. The number of carboxylic acid groups (broad SMARTS) is 1. The van der Waals surface area contributed by atoms with Gasteiger partial charge in [-0.25, -0.2) is 4.98 Å². The molecule has 6 nitrogen and oxygen atoms in total. The zero-order valence-corrected chi connectivity index (χ0v) is 13.0. The molecule has 1 aromatic carbocycles. The molecule has 1 aromatic heterocycles. The molecule has 1 amide bonds. The number of carbonyl (C=O) groups is 2. The first-order chi connectivity index (χ1) is 9.73. The molecule has 21 heavy (non-hydrogen) atoms. The summed E-state index contributed by atoms with van der Waals surface area (Å²) in [6.45, 7) is 3.31. The number of benzene rings is 1. The fraction of sp³-hybridized carbons (Fsp3) is 0.308. The third kappa shape index (κ3) is 2.98. The Balaban J connectivity index is 2.67. The summed E-state index contributed by atoms with van der Waals surface area (Å²) in [4.78, 5) is 26.9. The molecule has 0 saturated heterocycles. The van der Waals surface area contributed by atoms with Crippen molar-refractivity contribution in [2.75, 3.05) is 5.75 Å². The molecule has 0 atom stereocenters. The number of rotatable bonds is 5. The first kappa shape index (κ1) is 15.7. The Kier molecular flexibility index (Phi) is 4.15. The molecule has 0 bridgehead atoms. The van der Waals surface area contributed by atoms with Gasteiger partial charge in [0.1, 0.15) is 5.54 Å². The predicted octanol–water partition coefficient (Wildman–Crippen LogP) is 2.09. The minimum atomic E-state index is -1.06. The van der Waals surface area contributed by atoms with Crippen molar-refractivity contribution in [2.45, 2.75) is 24.5 Å². The molecule has 0 fully saturated rings. The Morgan fingerprint density at radius 3 is 2.71 bits per heavy atom. The number of hydrogen-bond donors (Lipinski definition) is 2. The van der Waals surface area contributed by atoms with Crippen LogP contribution in [0.3, 0.4) is 0 Å². The monoisotopic (exact) mass is 327 g/mol. The Morgan fingerprint density at radius 2 is 2.14 bits per heavy atom. The van der Waals surface area contributed by atoms with Crippen molar-refractivity contribution in [1.82, 2.24) is 9.55 Å². The zero-order chi connectivity index (χ0) is 15.8. The van der Waals surface area contributed by atoms with E-state index in [0.717, 1.165) is 11.8 Å². The summed E-state index contributed by atoms with van der Waals surface area (Å²) in [6.07, 6.45) is 0. The molecule has 112 valence electrons. The number of amides is 1. The van der Waals surface area contributed by atoms with Crippen molar-refractivity contribution in [3.8, 4) is 0 Å². The van der Waals surface area contributed by atoms with Crippen molar-refractivity contribution in [1.29, 1.82) is 0 Å². The topological polar surface area (TPSA) is 98.2 Å². The highest BCUT2D eigenvalue weighted by Crippen LogP contribution is 2.32. The number of thioether (sulfide) groups is 1. The van der Waals surface area contributed by atoms with Gasteiger partial charge in [-0.2, -0.15) is 0 Å². The van der Waals surface area contributed by atoms with E-state index >= 15 is 0 Å². The highest BCUT2D eigenvalue weighted by molar-refractivity contribution is 7.99. The SMILES string of the molecule is CC(C)(C(N)=O)n1c(SCC(=O)O)nc2ccc(Cl)cc21. The van der Waals surface area contributed by atoms with E-state index in [9.17, 15) is 9.59 Å². The average Bonchev–Trinajstić information content (AvgIpc) is 2.74. The van der Waals surface area contributed by atoms with Crippen LogP contribution in [0.4, 0.5) is 0 Å². The fourth-order valence-corrected chi connectivity index (χ4v) is 2.94. The normalized spacial score (nSPS) is 11.8. The van der Waals surface area contributed by atoms with Crippen molar-refractivity contribution >= 4 is 46.3 Å². The Labute approximate surface area is 130 Å². The van der Waals surface area contributed by atoms with Gasteiger partial charge >= 0.3 is 5.97 Å². The van der Waals surface area contributed by atoms with Crippen LogP contribution in [0.15, 0.2) is 23.4 Å². The van der Waals surface area contributed by atoms with Crippen LogP contribution in [0.1, 0.15) is 13.8 Å². The van der Waals surface area contributed by atoms with Gasteiger partial charge in [0.25, 0.3) is 0 Å². The van der Waals surface area contributed by atoms with E-state index in [-0.39, 0.29) is 5.75 Å². The van der Waals surface area contributed by atoms with Crippen molar-refractivity contribution < 1.29 is 14.7 Å². The van der Waals surface area contributed by atoms with Gasteiger partial charge in [0.15, 0.2) is 5.16 Å². The Hall–Kier alpha value is -1.73. The van der Waals surface area contributed by atoms with Crippen LogP contribution in [-0.4, -0.2) is 32.3 Å². The third-order valence-corrected chi connectivity index (χ3v) is 4.23. The molecule has 0 unspecified atom stereocenters. The van der Waals surface area contributed by atoms with Gasteiger partial charge in [-0.05, 0) is 32.0 Å². The molecule has 2 aromatic rings. The molecular formula is C13H14ClN3O3S. The fourth-order valence-electron chi connectivity index (χ4n) is 1.90. The molecular weight excluding hydrogens is 314 g/mol. The molecule has 1 heterocycles. The van der Waals surface area contributed by atoms with Crippen LogP contribution in [0.5, 0.6) is 0 Å². The number of fused-ring (bicyclic) bond motifs is 1. The summed E-state index contributed by atoms with van der Waals surface area (Å²) in [7, 11) is 0. The van der Waals surface area contributed by atoms with Crippen LogP contribution in [-0.2, 0) is 15.1 Å². The third-order valence-electron chi connectivity index (χ3n) is 3.07. The summed E-state index contributed by atoms with van der Waals surface area (Å²) < 4.78 is 1.63. The summed E-state index contributed by atoms with van der Waals surface area (Å²) >= 11 is 7.03. The van der Waals surface area contributed by atoms with E-state index in [2.05, 4.69) is 4.98 Å². The largest absolute Gasteiger partial charge is 0.481 e. The lowest BCUT2D eigenvalue weighted by Crippen LogP contribution is -2.41. The maximum atomic E-state index is 11.8. The molecule has 0 aliphatic heterocycles. The van der Waals surface area contributed by atoms with E-state index in [4.69, 9.17) is 22.4 Å². The second kappa shape index (κ2) is 5.57. The number of carboxylic acids is 1. The Morgan fingerprint density at radius 1 is 1.48 bits per heavy atom. The lowest BCUT2D eigenvalue weighted by atomic mass is 10.0. The number of nitrogens with zero attached hydrogens (tertiary/aromatic N) is 2. The van der Waals surface area contributed by atoms with Gasteiger partial charge in [-0.1, -0.05) is 23.4 Å². The van der Waals surface area contributed by atoms with E-state index in [1.165, 1.54) is 0 Å². The predicted molar refractivity (Wildman–Crippen MR) is 81.6 cm³/mol. The van der Waals surface area contributed by atoms with Gasteiger partial charge < -0.3 is 15.4 Å². The number of carbonyl (C=O) groups excluding carboxylic acids is 1. The lowest BCUT2D eigenvalue weighted by molar-refractivity contribution is -0.133. The number of hydrogen-bond acceptors (Lipinski definition) is 4. The van der Waals surface area contributed by atoms with E-state index < -0.39 is 17.4 Å². The molecule has 0 aliphatic carbocycles. The minimum Gasteiger partial charge on any atom is -0.481 e. The smallest absolute Gasteiger partial charge is 0.313 e. The number of nitrogens with two attached hydrogens (primary N) is 1. The minimum absolute atomic E-state index is 0.161. The first-order valence-corrected chi connectivity index (χ1v) is 7.43. The second-order valence-corrected chi connectivity index (χ2v) is 6.35. The van der Waals surface area contributed by atoms with Gasteiger partial charge in [0, 0.05) is 5.02 Å². The number of primary amides is 1. The molecule has 8 heteroatoms. The lowest BCUT2D eigenvalue weighted by Gasteiger charge is -2.25. The number of aromatic nitrogens is 2. The molecule has 2 rings (SSSR count). The molecule has 3 N–H and O–H groups in total. The first-order valence-electron chi connectivity index (χ1n) is 6.06. The van der Waals surface area contributed by atoms with Gasteiger partial charge in [0.2, 0.25) is 5.91 Å². The molecule has 0 radical (unpaired) electrons. The maximum absolute atomic E-state index is 11.8. The van der Waals surface area contributed by atoms with Crippen molar-refractivity contribution in [3.05, 3.63) is 23.2 Å². The highest BCUT2D eigenvalue weighted by Gasteiger charge is 2.32. The van der Waals surface area contributed by atoms with E-state index in [0.29, 0.717) is 21.2 Å². The van der Waals surface area contributed by atoms with Crippen molar-refractivity contribution in [2.24, 2.45) is 5.73 Å². The number of halogens is 1.